The number of aromatic nitrogens is 1. The zero-order valence-electron chi connectivity index (χ0n) is 8.25. The van der Waals surface area contributed by atoms with Crippen LogP contribution in [-0.4, -0.2) is 35.0 Å². The van der Waals surface area contributed by atoms with Crippen LogP contribution >= 0.6 is 0 Å². The minimum absolute atomic E-state index is 0.168. The number of nitrogens with two attached hydrogens (primary N) is 1. The van der Waals surface area contributed by atoms with Crippen molar-refractivity contribution in [2.24, 2.45) is 10.9 Å². The quantitative estimate of drug-likeness (QED) is 0.317. The van der Waals surface area contributed by atoms with Gasteiger partial charge in [-0.2, -0.15) is 0 Å². The van der Waals surface area contributed by atoms with Crippen molar-refractivity contribution in [2.45, 2.75) is 6.04 Å². The number of oxime groups is 1. The number of likely N-dealkylation sites (N-methyl/N-ethyl adjacent to an activating group) is 1. The molecule has 0 unspecified atom stereocenters. The van der Waals surface area contributed by atoms with E-state index < -0.39 is 0 Å². The van der Waals surface area contributed by atoms with Crippen molar-refractivity contribution in [1.82, 2.24) is 9.88 Å². The number of hydrogen-bond acceptors (Lipinski definition) is 4. The lowest BCUT2D eigenvalue weighted by atomic mass is 10.1. The molecule has 76 valence electrons. The third-order valence-corrected chi connectivity index (χ3v) is 1.93. The Morgan fingerprint density at radius 3 is 2.50 bits per heavy atom. The lowest BCUT2D eigenvalue weighted by Gasteiger charge is -2.22. The van der Waals surface area contributed by atoms with Crippen molar-refractivity contribution < 1.29 is 5.21 Å². The lowest BCUT2D eigenvalue weighted by molar-refractivity contribution is 0.301. The number of hydrogen-bond donors (Lipinski definition) is 2. The molecule has 1 aromatic rings. The van der Waals surface area contributed by atoms with E-state index in [4.69, 9.17) is 10.9 Å². The van der Waals surface area contributed by atoms with Gasteiger partial charge in [0, 0.05) is 12.4 Å². The van der Waals surface area contributed by atoms with Crippen LogP contribution < -0.4 is 5.73 Å². The maximum absolute atomic E-state index is 8.64. The van der Waals surface area contributed by atoms with Crippen LogP contribution in [0.2, 0.25) is 0 Å². The fourth-order valence-corrected chi connectivity index (χ4v) is 1.33. The fraction of sp³-hybridized carbons (Fsp3) is 0.333. The molecule has 0 aliphatic carbocycles. The molecule has 5 heteroatoms. The Hall–Kier alpha value is -1.62. The normalized spacial score (nSPS) is 14.4. The van der Waals surface area contributed by atoms with Gasteiger partial charge in [-0.3, -0.25) is 9.88 Å². The Kier molecular flexibility index (Phi) is 3.41. The largest absolute Gasteiger partial charge is 0.409 e. The van der Waals surface area contributed by atoms with E-state index in [0.29, 0.717) is 0 Å². The van der Waals surface area contributed by atoms with E-state index in [2.05, 4.69) is 10.1 Å². The number of nitrogens with zero attached hydrogens (tertiary/aromatic N) is 3. The van der Waals surface area contributed by atoms with Gasteiger partial charge in [-0.15, -0.1) is 0 Å². The predicted molar refractivity (Wildman–Crippen MR) is 54.1 cm³/mol. The molecule has 1 rings (SSSR count). The van der Waals surface area contributed by atoms with Gasteiger partial charge in [-0.1, -0.05) is 5.16 Å². The Morgan fingerprint density at radius 2 is 2.07 bits per heavy atom. The summed E-state index contributed by atoms with van der Waals surface area (Å²) in [5.41, 5.74) is 6.53. The van der Waals surface area contributed by atoms with Crippen LogP contribution in [0.15, 0.2) is 29.7 Å². The van der Waals surface area contributed by atoms with Crippen LogP contribution in [-0.2, 0) is 0 Å². The fourth-order valence-electron chi connectivity index (χ4n) is 1.33. The Bertz CT molecular complexity index is 310. The Labute approximate surface area is 82.9 Å². The van der Waals surface area contributed by atoms with E-state index in [0.717, 1.165) is 5.56 Å². The van der Waals surface area contributed by atoms with Gasteiger partial charge < -0.3 is 10.9 Å². The smallest absolute Gasteiger partial charge is 0.161 e. The maximum atomic E-state index is 8.64. The second-order valence-corrected chi connectivity index (χ2v) is 3.17. The van der Waals surface area contributed by atoms with Crippen molar-refractivity contribution in [1.29, 1.82) is 0 Å². The molecule has 0 amide bonds. The summed E-state index contributed by atoms with van der Waals surface area (Å²) in [6.45, 7) is 0. The van der Waals surface area contributed by atoms with E-state index in [1.807, 2.05) is 31.1 Å². The zero-order chi connectivity index (χ0) is 10.6. The molecule has 0 fully saturated rings. The summed E-state index contributed by atoms with van der Waals surface area (Å²) in [6.07, 6.45) is 3.35. The maximum Gasteiger partial charge on any atom is 0.161 e. The average molecular weight is 194 g/mol. The summed E-state index contributed by atoms with van der Waals surface area (Å²) in [5.74, 6) is 0.168. The molecule has 0 aliphatic heterocycles. The molecule has 14 heavy (non-hydrogen) atoms. The van der Waals surface area contributed by atoms with Crippen molar-refractivity contribution in [3.8, 4) is 0 Å². The highest BCUT2D eigenvalue weighted by Crippen LogP contribution is 2.16. The van der Waals surface area contributed by atoms with Gasteiger partial charge in [0.25, 0.3) is 0 Å². The molecule has 0 saturated heterocycles. The summed E-state index contributed by atoms with van der Waals surface area (Å²) < 4.78 is 0. The lowest BCUT2D eigenvalue weighted by Crippen LogP contribution is -2.33. The Balaban J connectivity index is 3.01. The number of pyridine rings is 1. The number of amidine groups is 1. The SMILES string of the molecule is CN(C)[C@H](C(N)=NO)c1ccncc1. The van der Waals surface area contributed by atoms with Gasteiger partial charge >= 0.3 is 0 Å². The first-order valence-electron chi connectivity index (χ1n) is 4.20. The molecular formula is C9H14N4O. The van der Waals surface area contributed by atoms with Gasteiger partial charge in [0.15, 0.2) is 5.84 Å². The molecule has 0 aliphatic rings. The molecule has 1 atom stereocenters. The van der Waals surface area contributed by atoms with Gasteiger partial charge in [0.05, 0.1) is 6.04 Å². The first-order chi connectivity index (χ1) is 6.66. The third-order valence-electron chi connectivity index (χ3n) is 1.93. The molecule has 0 saturated carbocycles. The molecule has 0 radical (unpaired) electrons. The highest BCUT2D eigenvalue weighted by molar-refractivity contribution is 5.86. The standard InChI is InChI=1S/C9H14N4O/c1-13(2)8(9(10)12-14)7-3-5-11-6-4-7/h3-6,8,14H,1-2H3,(H2,10,12)/t8-/m0/s1. The molecule has 0 bridgehead atoms. The van der Waals surface area contributed by atoms with Crippen LogP contribution in [0.1, 0.15) is 11.6 Å². The van der Waals surface area contributed by atoms with Gasteiger partial charge in [0.2, 0.25) is 0 Å². The summed E-state index contributed by atoms with van der Waals surface area (Å²) in [6, 6.07) is 3.45. The predicted octanol–water partition coefficient (Wildman–Crippen LogP) is 0.431. The third kappa shape index (κ3) is 2.20. The topological polar surface area (TPSA) is 74.7 Å². The van der Waals surface area contributed by atoms with E-state index in [1.54, 1.807) is 12.4 Å². The van der Waals surface area contributed by atoms with E-state index in [1.165, 1.54) is 0 Å². The van der Waals surface area contributed by atoms with Crippen molar-refractivity contribution >= 4 is 5.84 Å². The van der Waals surface area contributed by atoms with Gasteiger partial charge in [-0.25, -0.2) is 0 Å². The van der Waals surface area contributed by atoms with Crippen molar-refractivity contribution in [3.05, 3.63) is 30.1 Å². The van der Waals surface area contributed by atoms with E-state index >= 15 is 0 Å². The molecule has 5 nitrogen and oxygen atoms in total. The summed E-state index contributed by atoms with van der Waals surface area (Å²) in [5, 5.41) is 11.7. The molecule has 0 spiro atoms. The second-order valence-electron chi connectivity index (χ2n) is 3.17. The number of rotatable bonds is 3. The van der Waals surface area contributed by atoms with Crippen LogP contribution in [0, 0.1) is 0 Å². The highest BCUT2D eigenvalue weighted by Gasteiger charge is 2.18. The molecule has 1 heterocycles. The summed E-state index contributed by atoms with van der Waals surface area (Å²) in [4.78, 5) is 5.78. The van der Waals surface area contributed by atoms with Crippen LogP contribution in [0.5, 0.6) is 0 Å². The van der Waals surface area contributed by atoms with E-state index in [-0.39, 0.29) is 11.9 Å². The minimum Gasteiger partial charge on any atom is -0.409 e. The van der Waals surface area contributed by atoms with E-state index in [9.17, 15) is 0 Å². The summed E-state index contributed by atoms with van der Waals surface area (Å²) in [7, 11) is 3.73. The molecule has 0 aromatic carbocycles. The van der Waals surface area contributed by atoms with Crippen molar-refractivity contribution in [3.63, 3.8) is 0 Å². The van der Waals surface area contributed by atoms with Crippen molar-refractivity contribution in [2.75, 3.05) is 14.1 Å². The highest BCUT2D eigenvalue weighted by atomic mass is 16.4. The summed E-state index contributed by atoms with van der Waals surface area (Å²) >= 11 is 0. The molecular weight excluding hydrogens is 180 g/mol. The minimum atomic E-state index is -0.219. The van der Waals surface area contributed by atoms with Crippen LogP contribution in [0.25, 0.3) is 0 Å². The van der Waals surface area contributed by atoms with Gasteiger partial charge in [-0.05, 0) is 31.8 Å². The monoisotopic (exact) mass is 194 g/mol. The average Bonchev–Trinajstić information content (AvgIpc) is 2.19. The van der Waals surface area contributed by atoms with Crippen LogP contribution in [0.3, 0.4) is 0 Å². The van der Waals surface area contributed by atoms with Crippen LogP contribution in [0.4, 0.5) is 0 Å². The van der Waals surface area contributed by atoms with Gasteiger partial charge in [0.1, 0.15) is 0 Å². The first kappa shape index (κ1) is 10.5. The first-order valence-corrected chi connectivity index (χ1v) is 4.20. The molecule has 3 N–H and O–H groups in total. The second kappa shape index (κ2) is 4.57. The Morgan fingerprint density at radius 1 is 1.50 bits per heavy atom. The zero-order valence-corrected chi connectivity index (χ0v) is 8.25. The molecule has 1 aromatic heterocycles.